The summed E-state index contributed by atoms with van der Waals surface area (Å²) < 4.78 is 19.2. The van der Waals surface area contributed by atoms with Crippen molar-refractivity contribution in [1.82, 2.24) is 0 Å². The number of benzene rings is 2. The van der Waals surface area contributed by atoms with Crippen molar-refractivity contribution in [3.05, 3.63) is 63.9 Å². The molecule has 0 aliphatic carbocycles. The first-order chi connectivity index (χ1) is 9.61. The van der Waals surface area contributed by atoms with Gasteiger partial charge in [0.05, 0.1) is 12.7 Å². The van der Waals surface area contributed by atoms with Gasteiger partial charge in [0.2, 0.25) is 0 Å². The molecule has 0 bridgehead atoms. The van der Waals surface area contributed by atoms with E-state index in [0.717, 1.165) is 11.1 Å². The molecule has 1 unspecified atom stereocenters. The minimum absolute atomic E-state index is 0.301. The number of rotatable bonds is 5. The number of para-hydroxylation sites is 1. The van der Waals surface area contributed by atoms with Crippen LogP contribution < -0.4 is 4.74 Å². The molecular formula is C16H16BrFO2. The lowest BCUT2D eigenvalue weighted by atomic mass is 10.0. The zero-order chi connectivity index (χ0) is 14.5. The number of hydrogen-bond donors (Lipinski definition) is 1. The Bertz CT molecular complexity index is 586. The lowest BCUT2D eigenvalue weighted by molar-refractivity contribution is 0.172. The molecule has 0 aromatic heterocycles. The van der Waals surface area contributed by atoms with E-state index in [1.165, 1.54) is 12.1 Å². The summed E-state index contributed by atoms with van der Waals surface area (Å²) in [7, 11) is 0. The maximum atomic E-state index is 13.1. The molecule has 0 amide bonds. The second-order valence-electron chi connectivity index (χ2n) is 4.43. The van der Waals surface area contributed by atoms with Gasteiger partial charge in [-0.25, -0.2) is 4.39 Å². The average molecular weight is 339 g/mol. The van der Waals surface area contributed by atoms with E-state index >= 15 is 0 Å². The minimum atomic E-state index is -0.695. The Kier molecular flexibility index (Phi) is 5.15. The lowest BCUT2D eigenvalue weighted by Crippen LogP contribution is -2.06. The summed E-state index contributed by atoms with van der Waals surface area (Å²) in [6.07, 6.45) is -0.301. The van der Waals surface area contributed by atoms with Crippen LogP contribution in [0, 0.1) is 5.82 Å². The van der Waals surface area contributed by atoms with Crippen molar-refractivity contribution < 1.29 is 14.2 Å². The van der Waals surface area contributed by atoms with E-state index in [9.17, 15) is 9.50 Å². The zero-order valence-electron chi connectivity index (χ0n) is 11.1. The molecule has 0 aliphatic heterocycles. The summed E-state index contributed by atoms with van der Waals surface area (Å²) >= 11 is 3.32. The highest BCUT2D eigenvalue weighted by atomic mass is 79.9. The van der Waals surface area contributed by atoms with Crippen molar-refractivity contribution in [3.8, 4) is 5.75 Å². The Hall–Kier alpha value is -1.39. The quantitative estimate of drug-likeness (QED) is 0.882. The average Bonchev–Trinajstić information content (AvgIpc) is 2.43. The highest BCUT2D eigenvalue weighted by molar-refractivity contribution is 9.10. The van der Waals surface area contributed by atoms with E-state index in [1.54, 1.807) is 6.07 Å². The highest BCUT2D eigenvalue weighted by Gasteiger charge is 2.15. The van der Waals surface area contributed by atoms with Gasteiger partial charge in [0, 0.05) is 16.5 Å². The van der Waals surface area contributed by atoms with Crippen LogP contribution in [-0.4, -0.2) is 11.7 Å². The Morgan fingerprint density at radius 3 is 2.70 bits per heavy atom. The summed E-state index contributed by atoms with van der Waals surface area (Å²) in [5.74, 6) is 0.380. The van der Waals surface area contributed by atoms with Gasteiger partial charge in [-0.1, -0.05) is 40.2 Å². The predicted octanol–water partition coefficient (Wildman–Crippen LogP) is 4.26. The van der Waals surface area contributed by atoms with E-state index in [4.69, 9.17) is 4.74 Å². The van der Waals surface area contributed by atoms with E-state index < -0.39 is 6.10 Å². The fraction of sp³-hybridized carbons (Fsp3) is 0.250. The standard InChI is InChI=1S/C16H16BrFO2/c1-2-20-16-6-4-3-5-13(16)15(19)9-11-7-8-12(18)10-14(11)17/h3-8,10,15,19H,2,9H2,1H3. The third-order valence-electron chi connectivity index (χ3n) is 3.01. The minimum Gasteiger partial charge on any atom is -0.493 e. The molecule has 4 heteroatoms. The third kappa shape index (κ3) is 3.58. The fourth-order valence-corrected chi connectivity index (χ4v) is 2.56. The summed E-state index contributed by atoms with van der Waals surface area (Å²) in [6, 6.07) is 11.9. The van der Waals surface area contributed by atoms with Crippen molar-refractivity contribution in [2.75, 3.05) is 6.61 Å². The normalized spacial score (nSPS) is 12.2. The van der Waals surface area contributed by atoms with Gasteiger partial charge in [-0.2, -0.15) is 0 Å². The smallest absolute Gasteiger partial charge is 0.125 e. The van der Waals surface area contributed by atoms with Crippen LogP contribution in [0.15, 0.2) is 46.9 Å². The van der Waals surface area contributed by atoms with Crippen LogP contribution in [0.4, 0.5) is 4.39 Å². The molecule has 0 fully saturated rings. The van der Waals surface area contributed by atoms with Crippen LogP contribution in [0.3, 0.4) is 0 Å². The third-order valence-corrected chi connectivity index (χ3v) is 3.74. The molecule has 0 saturated heterocycles. The molecule has 20 heavy (non-hydrogen) atoms. The Balaban J connectivity index is 2.21. The van der Waals surface area contributed by atoms with Crippen LogP contribution in [-0.2, 0) is 6.42 Å². The molecular weight excluding hydrogens is 323 g/mol. The van der Waals surface area contributed by atoms with Crippen LogP contribution >= 0.6 is 15.9 Å². The first kappa shape index (κ1) is 15.0. The van der Waals surface area contributed by atoms with Gasteiger partial charge < -0.3 is 9.84 Å². The topological polar surface area (TPSA) is 29.5 Å². The number of halogens is 2. The van der Waals surface area contributed by atoms with E-state index in [2.05, 4.69) is 15.9 Å². The van der Waals surface area contributed by atoms with Gasteiger partial charge in [-0.3, -0.25) is 0 Å². The van der Waals surface area contributed by atoms with E-state index in [1.807, 2.05) is 31.2 Å². The molecule has 106 valence electrons. The Labute approximate surface area is 126 Å². The first-order valence-electron chi connectivity index (χ1n) is 6.45. The van der Waals surface area contributed by atoms with E-state index in [-0.39, 0.29) is 5.82 Å². The monoisotopic (exact) mass is 338 g/mol. The summed E-state index contributed by atoms with van der Waals surface area (Å²) in [5, 5.41) is 10.4. The number of aliphatic hydroxyl groups excluding tert-OH is 1. The predicted molar refractivity (Wildman–Crippen MR) is 80.4 cm³/mol. The molecule has 2 nitrogen and oxygen atoms in total. The lowest BCUT2D eigenvalue weighted by Gasteiger charge is -2.16. The molecule has 1 N–H and O–H groups in total. The number of aliphatic hydroxyl groups is 1. The van der Waals surface area contributed by atoms with Gasteiger partial charge in [0.25, 0.3) is 0 Å². The van der Waals surface area contributed by atoms with Crippen molar-refractivity contribution in [3.63, 3.8) is 0 Å². The molecule has 2 aromatic carbocycles. The number of ether oxygens (including phenoxy) is 1. The second kappa shape index (κ2) is 6.86. The fourth-order valence-electron chi connectivity index (χ4n) is 2.05. The maximum absolute atomic E-state index is 13.1. The van der Waals surface area contributed by atoms with Gasteiger partial charge >= 0.3 is 0 Å². The van der Waals surface area contributed by atoms with Crippen molar-refractivity contribution in [2.24, 2.45) is 0 Å². The molecule has 0 aliphatic rings. The Morgan fingerprint density at radius 2 is 2.00 bits per heavy atom. The van der Waals surface area contributed by atoms with Crippen LogP contribution in [0.25, 0.3) is 0 Å². The largest absolute Gasteiger partial charge is 0.493 e. The Morgan fingerprint density at radius 1 is 1.25 bits per heavy atom. The SMILES string of the molecule is CCOc1ccccc1C(O)Cc1ccc(F)cc1Br. The molecule has 0 saturated carbocycles. The van der Waals surface area contributed by atoms with Crippen LogP contribution in [0.5, 0.6) is 5.75 Å². The van der Waals surface area contributed by atoms with Gasteiger partial charge in [-0.05, 0) is 30.7 Å². The first-order valence-corrected chi connectivity index (χ1v) is 7.24. The van der Waals surface area contributed by atoms with Gasteiger partial charge in [0.15, 0.2) is 0 Å². The molecule has 2 rings (SSSR count). The van der Waals surface area contributed by atoms with Gasteiger partial charge in [-0.15, -0.1) is 0 Å². The van der Waals surface area contributed by atoms with E-state index in [0.29, 0.717) is 23.2 Å². The molecule has 1 atom stereocenters. The van der Waals surface area contributed by atoms with Crippen LogP contribution in [0.2, 0.25) is 0 Å². The zero-order valence-corrected chi connectivity index (χ0v) is 12.7. The second-order valence-corrected chi connectivity index (χ2v) is 5.28. The van der Waals surface area contributed by atoms with Crippen molar-refractivity contribution in [2.45, 2.75) is 19.4 Å². The summed E-state index contributed by atoms with van der Waals surface area (Å²) in [6.45, 7) is 2.45. The van der Waals surface area contributed by atoms with Gasteiger partial charge in [0.1, 0.15) is 11.6 Å². The highest BCUT2D eigenvalue weighted by Crippen LogP contribution is 2.29. The molecule has 0 heterocycles. The molecule has 0 spiro atoms. The summed E-state index contributed by atoms with van der Waals surface area (Å²) in [5.41, 5.74) is 1.59. The maximum Gasteiger partial charge on any atom is 0.125 e. The van der Waals surface area contributed by atoms with Crippen molar-refractivity contribution >= 4 is 15.9 Å². The number of hydrogen-bond acceptors (Lipinski definition) is 2. The molecule has 0 radical (unpaired) electrons. The van der Waals surface area contributed by atoms with Crippen LogP contribution in [0.1, 0.15) is 24.2 Å². The molecule has 2 aromatic rings. The summed E-state index contributed by atoms with van der Waals surface area (Å²) in [4.78, 5) is 0. The van der Waals surface area contributed by atoms with Crippen molar-refractivity contribution in [1.29, 1.82) is 0 Å².